The Labute approximate surface area is 463 Å². The molecule has 1 atom stereocenters. The minimum absolute atomic E-state index is 0.0970. The second kappa shape index (κ2) is 62.6. The van der Waals surface area contributed by atoms with Gasteiger partial charge in [0, 0.05) is 19.3 Å². The number of hydrogen-bond donors (Lipinski definition) is 0. The number of hydrogen-bond acceptors (Lipinski definition) is 6. The van der Waals surface area contributed by atoms with Gasteiger partial charge in [-0.1, -0.05) is 259 Å². The molecule has 1 unspecified atom stereocenters. The zero-order chi connectivity index (χ0) is 54.3. The van der Waals surface area contributed by atoms with Gasteiger partial charge in [-0.15, -0.1) is 0 Å². The van der Waals surface area contributed by atoms with E-state index in [0.29, 0.717) is 19.3 Å². The van der Waals surface area contributed by atoms with Crippen molar-refractivity contribution in [2.75, 3.05) is 13.2 Å². The molecule has 428 valence electrons. The van der Waals surface area contributed by atoms with Crippen LogP contribution >= 0.6 is 0 Å². The monoisotopic (exact) mass is 1040 g/mol. The van der Waals surface area contributed by atoms with E-state index < -0.39 is 6.10 Å². The quantitative estimate of drug-likeness (QED) is 0.0261. The maximum atomic E-state index is 12.9. The molecule has 0 radical (unpaired) electrons. The van der Waals surface area contributed by atoms with Crippen LogP contribution in [0.25, 0.3) is 0 Å². The predicted molar refractivity (Wildman–Crippen MR) is 325 cm³/mol. The molecule has 0 saturated carbocycles. The predicted octanol–water partition coefficient (Wildman–Crippen LogP) is 21.4. The van der Waals surface area contributed by atoms with Gasteiger partial charge >= 0.3 is 17.9 Å². The van der Waals surface area contributed by atoms with Crippen LogP contribution in [0.4, 0.5) is 0 Å². The first-order chi connectivity index (χ1) is 37.0. The molecule has 75 heavy (non-hydrogen) atoms. The lowest BCUT2D eigenvalue weighted by atomic mass is 10.1. The van der Waals surface area contributed by atoms with Gasteiger partial charge in [0.1, 0.15) is 13.2 Å². The second-order valence-corrected chi connectivity index (χ2v) is 20.5. The Kier molecular flexibility index (Phi) is 59.3. The van der Waals surface area contributed by atoms with Crippen LogP contribution < -0.4 is 0 Å². The van der Waals surface area contributed by atoms with E-state index >= 15 is 0 Å². The van der Waals surface area contributed by atoms with E-state index in [4.69, 9.17) is 14.2 Å². The Balaban J connectivity index is 4.42. The van der Waals surface area contributed by atoms with Gasteiger partial charge < -0.3 is 14.2 Å². The molecule has 0 amide bonds. The van der Waals surface area contributed by atoms with Crippen LogP contribution in [0.3, 0.4) is 0 Å². The van der Waals surface area contributed by atoms with E-state index in [0.717, 1.165) is 116 Å². The molecule has 0 aliphatic heterocycles. The zero-order valence-corrected chi connectivity index (χ0v) is 49.0. The summed E-state index contributed by atoms with van der Waals surface area (Å²) in [4.78, 5) is 38.3. The van der Waals surface area contributed by atoms with Crippen LogP contribution in [0.1, 0.15) is 290 Å². The maximum Gasteiger partial charge on any atom is 0.306 e. The van der Waals surface area contributed by atoms with Gasteiger partial charge in [-0.3, -0.25) is 14.4 Å². The highest BCUT2D eigenvalue weighted by Crippen LogP contribution is 2.16. The molecule has 0 heterocycles. The normalized spacial score (nSPS) is 12.8. The van der Waals surface area contributed by atoms with Crippen molar-refractivity contribution in [2.45, 2.75) is 297 Å². The molecule has 0 aromatic carbocycles. The lowest BCUT2D eigenvalue weighted by Gasteiger charge is -2.18. The molecule has 0 N–H and O–H groups in total. The summed E-state index contributed by atoms with van der Waals surface area (Å²) in [6.07, 6.45) is 85.2. The first kappa shape index (κ1) is 71.1. The molecule has 0 aromatic rings. The van der Waals surface area contributed by atoms with Crippen molar-refractivity contribution >= 4 is 17.9 Å². The summed E-state index contributed by atoms with van der Waals surface area (Å²) in [5.74, 6) is -0.943. The van der Waals surface area contributed by atoms with Gasteiger partial charge in [0.2, 0.25) is 0 Å². The number of carbonyl (C=O) groups excluding carboxylic acids is 3. The fourth-order valence-corrected chi connectivity index (χ4v) is 8.60. The van der Waals surface area contributed by atoms with Crippen LogP contribution in [0.5, 0.6) is 0 Å². The molecule has 0 rings (SSSR count). The highest BCUT2D eigenvalue weighted by molar-refractivity contribution is 5.71. The number of rotatable bonds is 56. The molecule has 0 aliphatic rings. The van der Waals surface area contributed by atoms with Crippen molar-refractivity contribution in [1.82, 2.24) is 0 Å². The fourth-order valence-electron chi connectivity index (χ4n) is 8.60. The number of carbonyl (C=O) groups is 3. The molecular formula is C69H116O6. The van der Waals surface area contributed by atoms with Gasteiger partial charge in [-0.25, -0.2) is 0 Å². The standard InChI is InChI=1S/C69H116O6/c1-4-7-10-13-16-19-22-25-28-30-32-34-36-38-41-44-47-50-53-56-59-62-68(71)74-65-66(64-73-67(70)61-58-55-52-49-46-43-40-27-24-21-18-15-12-9-6-3)75-69(72)63-60-57-54-51-48-45-42-39-37-35-33-31-29-26-23-20-17-14-11-8-5-2/h7,9-10,12,16,18-19,21,25,27-28,31-34,40,46,49,66H,4-6,8,11,13-15,17,20,22-24,26,29-30,35-39,41-45,47-48,50-65H2,1-3H3/b10-7-,12-9-,19-16-,21-18-,28-25-,33-31-,34-32-,40-27-,49-46-. The zero-order valence-electron chi connectivity index (χ0n) is 49.0. The van der Waals surface area contributed by atoms with Gasteiger partial charge in [0.15, 0.2) is 6.10 Å². The van der Waals surface area contributed by atoms with E-state index in [2.05, 4.69) is 130 Å². The average molecular weight is 1040 g/mol. The average Bonchev–Trinajstić information content (AvgIpc) is 3.41. The van der Waals surface area contributed by atoms with Crippen LogP contribution in [0.15, 0.2) is 109 Å². The summed E-state index contributed by atoms with van der Waals surface area (Å²) in [6, 6.07) is 0. The molecule has 6 nitrogen and oxygen atoms in total. The third kappa shape index (κ3) is 60.8. The van der Waals surface area contributed by atoms with Gasteiger partial charge in [-0.2, -0.15) is 0 Å². The van der Waals surface area contributed by atoms with Crippen molar-refractivity contribution in [1.29, 1.82) is 0 Å². The van der Waals surface area contributed by atoms with Crippen molar-refractivity contribution in [3.63, 3.8) is 0 Å². The van der Waals surface area contributed by atoms with Crippen molar-refractivity contribution in [2.24, 2.45) is 0 Å². The Morgan fingerprint density at radius 1 is 0.280 bits per heavy atom. The van der Waals surface area contributed by atoms with E-state index in [-0.39, 0.29) is 31.1 Å². The van der Waals surface area contributed by atoms with E-state index in [1.165, 1.54) is 135 Å². The van der Waals surface area contributed by atoms with Crippen LogP contribution in [-0.4, -0.2) is 37.2 Å². The number of esters is 3. The van der Waals surface area contributed by atoms with Gasteiger partial charge in [0.25, 0.3) is 0 Å². The summed E-state index contributed by atoms with van der Waals surface area (Å²) in [6.45, 7) is 6.39. The maximum absolute atomic E-state index is 12.9. The molecule has 0 saturated heterocycles. The van der Waals surface area contributed by atoms with E-state index in [9.17, 15) is 14.4 Å². The summed E-state index contributed by atoms with van der Waals surface area (Å²) in [5, 5.41) is 0. The van der Waals surface area contributed by atoms with Gasteiger partial charge in [-0.05, 0) is 122 Å². The summed E-state index contributed by atoms with van der Waals surface area (Å²) in [5.41, 5.74) is 0. The fraction of sp³-hybridized carbons (Fsp3) is 0.696. The Hall–Kier alpha value is -3.93. The summed E-state index contributed by atoms with van der Waals surface area (Å²) >= 11 is 0. The second-order valence-electron chi connectivity index (χ2n) is 20.5. The highest BCUT2D eigenvalue weighted by atomic mass is 16.6. The largest absolute Gasteiger partial charge is 0.462 e. The summed E-state index contributed by atoms with van der Waals surface area (Å²) < 4.78 is 16.9. The Bertz CT molecular complexity index is 1520. The molecule has 0 aliphatic carbocycles. The minimum Gasteiger partial charge on any atom is -0.462 e. The Morgan fingerprint density at radius 2 is 0.520 bits per heavy atom. The number of ether oxygens (including phenoxy) is 3. The smallest absolute Gasteiger partial charge is 0.306 e. The first-order valence-electron chi connectivity index (χ1n) is 31.4. The van der Waals surface area contributed by atoms with Crippen LogP contribution in [0.2, 0.25) is 0 Å². The lowest BCUT2D eigenvalue weighted by molar-refractivity contribution is -0.167. The van der Waals surface area contributed by atoms with Crippen molar-refractivity contribution in [3.05, 3.63) is 109 Å². The number of unbranched alkanes of at least 4 members (excludes halogenated alkanes) is 27. The highest BCUT2D eigenvalue weighted by Gasteiger charge is 2.19. The third-order valence-corrected chi connectivity index (χ3v) is 13.2. The number of allylic oxidation sites excluding steroid dienone is 18. The molecular weight excluding hydrogens is 925 g/mol. The SMILES string of the molecule is CC/C=C\C/C=C\C/C=C\C/C=C\CCCCCCCCCCC(=O)OCC(COC(=O)CCCC/C=C\C/C=C\C/C=C\C/C=C\CC)OC(=O)CCCCCCCCCCC/C=C\CCCCCCCCCC. The topological polar surface area (TPSA) is 78.9 Å². The van der Waals surface area contributed by atoms with Crippen molar-refractivity contribution < 1.29 is 28.6 Å². The Morgan fingerprint density at radius 3 is 0.853 bits per heavy atom. The molecule has 0 fully saturated rings. The van der Waals surface area contributed by atoms with E-state index in [1.807, 2.05) is 0 Å². The van der Waals surface area contributed by atoms with E-state index in [1.54, 1.807) is 0 Å². The van der Waals surface area contributed by atoms with Gasteiger partial charge in [0.05, 0.1) is 0 Å². The molecule has 6 heteroatoms. The third-order valence-electron chi connectivity index (χ3n) is 13.2. The van der Waals surface area contributed by atoms with Crippen LogP contribution in [0, 0.1) is 0 Å². The molecule has 0 aromatic heterocycles. The lowest BCUT2D eigenvalue weighted by Crippen LogP contribution is -2.30. The summed E-state index contributed by atoms with van der Waals surface area (Å²) in [7, 11) is 0. The molecule has 0 spiro atoms. The van der Waals surface area contributed by atoms with Crippen molar-refractivity contribution in [3.8, 4) is 0 Å². The first-order valence-corrected chi connectivity index (χ1v) is 31.4. The molecule has 0 bridgehead atoms. The minimum atomic E-state index is -0.803. The van der Waals surface area contributed by atoms with Crippen LogP contribution in [-0.2, 0) is 28.6 Å².